The molecule has 0 radical (unpaired) electrons. The van der Waals surface area contributed by atoms with E-state index in [0.29, 0.717) is 0 Å². The number of carbonyl (C=O) groups is 4. The van der Waals surface area contributed by atoms with Crippen LogP contribution in [0.3, 0.4) is 0 Å². The van der Waals surface area contributed by atoms with Crippen LogP contribution < -0.4 is 15.4 Å². The third kappa shape index (κ3) is 8.81. The van der Waals surface area contributed by atoms with E-state index in [2.05, 4.69) is 11.6 Å². The highest BCUT2D eigenvalue weighted by Gasteiger charge is 2.50. The van der Waals surface area contributed by atoms with Gasteiger partial charge < -0.3 is 14.2 Å². The maximum Gasteiger partial charge on any atom is 0.421 e. The predicted molar refractivity (Wildman–Crippen MR) is 184 cm³/mol. The molecule has 0 unspecified atom stereocenters. The zero-order valence-corrected chi connectivity index (χ0v) is 29.1. The first-order valence-electron chi connectivity index (χ1n) is 16.0. The number of nitrogens with zero attached hydrogens (tertiary/aromatic N) is 4. The summed E-state index contributed by atoms with van der Waals surface area (Å²) in [5, 5.41) is 0. The number of rotatable bonds is 9. The van der Waals surface area contributed by atoms with Crippen LogP contribution in [-0.4, -0.2) is 51.4 Å². The highest BCUT2D eigenvalue weighted by atomic mass is 16.6. The number of amides is 3. The van der Waals surface area contributed by atoms with Crippen LogP contribution in [0.5, 0.6) is 0 Å². The normalized spacial score (nSPS) is 17.0. The van der Waals surface area contributed by atoms with Crippen molar-refractivity contribution in [3.05, 3.63) is 101 Å². The summed E-state index contributed by atoms with van der Waals surface area (Å²) in [5.41, 5.74) is -2.86. The van der Waals surface area contributed by atoms with E-state index in [-0.39, 0.29) is 43.2 Å². The van der Waals surface area contributed by atoms with Gasteiger partial charge in [0.2, 0.25) is 0 Å². The molecule has 0 saturated carbocycles. The Hall–Kier alpha value is -5.26. The number of ether oxygens (including phenoxy) is 3. The first-order valence-corrected chi connectivity index (χ1v) is 16.0. The van der Waals surface area contributed by atoms with Crippen molar-refractivity contribution in [2.45, 2.75) is 90.6 Å². The van der Waals surface area contributed by atoms with Crippen molar-refractivity contribution in [3.63, 3.8) is 0 Å². The third-order valence-corrected chi connectivity index (χ3v) is 7.55. The van der Waals surface area contributed by atoms with E-state index in [1.54, 1.807) is 90.9 Å². The van der Waals surface area contributed by atoms with Gasteiger partial charge in [0.15, 0.2) is 0 Å². The molecule has 3 amide bonds. The fourth-order valence-corrected chi connectivity index (χ4v) is 5.59. The van der Waals surface area contributed by atoms with Crippen LogP contribution in [0.25, 0.3) is 0 Å². The quantitative estimate of drug-likeness (QED) is 0.142. The molecule has 0 fully saturated rings. The van der Waals surface area contributed by atoms with Crippen molar-refractivity contribution in [1.82, 2.24) is 9.55 Å². The van der Waals surface area contributed by atoms with Crippen LogP contribution >= 0.6 is 0 Å². The second kappa shape index (κ2) is 14.5. The minimum absolute atomic E-state index is 0.0516. The molecule has 1 aliphatic rings. The van der Waals surface area contributed by atoms with Crippen LogP contribution in [0.15, 0.2) is 84.3 Å². The smallest absolute Gasteiger partial charge is 0.421 e. The fraction of sp³-hybridized carbons (Fsp3) is 0.405. The van der Waals surface area contributed by atoms with Gasteiger partial charge in [0.1, 0.15) is 35.4 Å². The minimum Gasteiger partial charge on any atom is -0.460 e. The summed E-state index contributed by atoms with van der Waals surface area (Å²) in [6, 6.07) is 15.9. The third-order valence-electron chi connectivity index (χ3n) is 7.55. The Morgan fingerprint density at radius 2 is 1.53 bits per heavy atom. The Kier molecular flexibility index (Phi) is 10.8. The molecule has 1 aromatic heterocycles. The van der Waals surface area contributed by atoms with Gasteiger partial charge in [-0.2, -0.15) is 0 Å². The average molecular weight is 673 g/mol. The van der Waals surface area contributed by atoms with Crippen LogP contribution in [-0.2, 0) is 35.8 Å². The number of hydrogen-bond donors (Lipinski definition) is 0. The Labute approximate surface area is 286 Å². The molecule has 0 N–H and O–H groups in total. The first-order chi connectivity index (χ1) is 22.9. The number of esters is 1. The lowest BCUT2D eigenvalue weighted by Crippen LogP contribution is -2.46. The lowest BCUT2D eigenvalue weighted by molar-refractivity contribution is -0.156. The second-order valence-electron chi connectivity index (χ2n) is 14.1. The van der Waals surface area contributed by atoms with E-state index in [0.717, 1.165) is 19.9 Å². The Morgan fingerprint density at radius 3 is 2.10 bits per heavy atom. The van der Waals surface area contributed by atoms with Gasteiger partial charge >= 0.3 is 18.2 Å². The summed E-state index contributed by atoms with van der Waals surface area (Å²) in [7, 11) is 0. The molecular weight excluding hydrogens is 628 g/mol. The van der Waals surface area contributed by atoms with E-state index in [1.807, 2.05) is 18.2 Å². The monoisotopic (exact) mass is 672 g/mol. The summed E-state index contributed by atoms with van der Waals surface area (Å²) >= 11 is 0. The number of carbonyl (C=O) groups excluding carboxylic acids is 4. The van der Waals surface area contributed by atoms with Crippen molar-refractivity contribution < 1.29 is 33.4 Å². The number of para-hydroxylation sites is 1. The Morgan fingerprint density at radius 1 is 0.939 bits per heavy atom. The topological polar surface area (TPSA) is 137 Å². The number of fused-ring (bicyclic) bond motifs is 1. The molecule has 260 valence electrons. The standard InChI is InChI=1S/C37H44N4O8/c1-9-20-39(33(45)47-24-25-16-12-10-13-17-25)28-23-38-32-37(8,22-29(42)48-35(2,3)4)21-27(41(32)31(28)44)30(43)40(26-18-14-11-15-19-26)34(46)49-36(5,6)7/h9-19,23,27H,1,20-22,24H2,2-8H3/t27-,37+/m1/s1. The molecule has 0 saturated heterocycles. The maximum atomic E-state index is 14.6. The van der Waals surface area contributed by atoms with E-state index in [9.17, 15) is 24.0 Å². The predicted octanol–water partition coefficient (Wildman–Crippen LogP) is 6.48. The molecule has 0 spiro atoms. The molecule has 12 nitrogen and oxygen atoms in total. The Balaban J connectivity index is 1.83. The SMILES string of the molecule is C=CCN(C(=O)OCc1ccccc1)c1cnc2n(c1=O)[C@@H](C(=O)N(C(=O)OC(C)(C)C)c1ccccc1)C[C@@]2(C)CC(=O)OC(C)(C)C. The van der Waals surface area contributed by atoms with Gasteiger partial charge in [-0.3, -0.25) is 23.9 Å². The number of hydrogen-bond acceptors (Lipinski definition) is 9. The zero-order chi connectivity index (χ0) is 36.1. The van der Waals surface area contributed by atoms with Gasteiger partial charge in [0.05, 0.1) is 18.3 Å². The summed E-state index contributed by atoms with van der Waals surface area (Å²) in [6.07, 6.45) is 0.581. The summed E-state index contributed by atoms with van der Waals surface area (Å²) in [5.74, 6) is -1.21. The average Bonchev–Trinajstić information content (AvgIpc) is 3.30. The van der Waals surface area contributed by atoms with Gasteiger partial charge in [-0.05, 0) is 65.7 Å². The van der Waals surface area contributed by atoms with Crippen LogP contribution in [0, 0.1) is 0 Å². The lowest BCUT2D eigenvalue weighted by atomic mass is 9.82. The molecule has 12 heteroatoms. The van der Waals surface area contributed by atoms with Crippen molar-refractivity contribution in [2.24, 2.45) is 0 Å². The summed E-state index contributed by atoms with van der Waals surface area (Å²) in [6.45, 7) is 15.5. The van der Waals surface area contributed by atoms with Crippen LogP contribution in [0.1, 0.15) is 78.7 Å². The first kappa shape index (κ1) is 36.6. The van der Waals surface area contributed by atoms with Crippen LogP contribution in [0.4, 0.5) is 21.0 Å². The van der Waals surface area contributed by atoms with E-state index >= 15 is 0 Å². The van der Waals surface area contributed by atoms with Gasteiger partial charge in [-0.1, -0.05) is 61.5 Å². The second-order valence-corrected chi connectivity index (χ2v) is 14.1. The van der Waals surface area contributed by atoms with Crippen molar-refractivity contribution in [1.29, 1.82) is 0 Å². The summed E-state index contributed by atoms with van der Waals surface area (Å²) < 4.78 is 17.9. The number of imide groups is 1. The molecular formula is C37H44N4O8. The number of aromatic nitrogens is 2. The molecule has 2 aromatic carbocycles. The molecule has 1 aliphatic heterocycles. The maximum absolute atomic E-state index is 14.6. The van der Waals surface area contributed by atoms with Crippen molar-refractivity contribution >= 4 is 35.4 Å². The minimum atomic E-state index is -1.32. The lowest BCUT2D eigenvalue weighted by Gasteiger charge is -2.29. The largest absolute Gasteiger partial charge is 0.460 e. The van der Waals surface area contributed by atoms with Crippen molar-refractivity contribution in [2.75, 3.05) is 16.3 Å². The number of anilines is 2. The Bertz CT molecular complexity index is 1760. The number of benzene rings is 2. The van der Waals surface area contributed by atoms with Gasteiger partial charge in [-0.15, -0.1) is 6.58 Å². The molecule has 2 atom stereocenters. The van der Waals surface area contributed by atoms with Gasteiger partial charge in [0.25, 0.3) is 11.5 Å². The molecule has 2 heterocycles. The van der Waals surface area contributed by atoms with Crippen molar-refractivity contribution in [3.8, 4) is 0 Å². The molecule has 3 aromatic rings. The van der Waals surface area contributed by atoms with Gasteiger partial charge in [0, 0.05) is 12.0 Å². The zero-order valence-electron chi connectivity index (χ0n) is 29.1. The highest BCUT2D eigenvalue weighted by Crippen LogP contribution is 2.43. The molecule has 49 heavy (non-hydrogen) atoms. The van der Waals surface area contributed by atoms with Gasteiger partial charge in [-0.25, -0.2) is 19.5 Å². The molecule has 0 bridgehead atoms. The van der Waals surface area contributed by atoms with E-state index in [4.69, 9.17) is 14.2 Å². The highest BCUT2D eigenvalue weighted by molar-refractivity contribution is 6.14. The van der Waals surface area contributed by atoms with E-state index < -0.39 is 52.3 Å². The molecule has 0 aliphatic carbocycles. The van der Waals surface area contributed by atoms with Crippen LogP contribution in [0.2, 0.25) is 0 Å². The summed E-state index contributed by atoms with van der Waals surface area (Å²) in [4.78, 5) is 75.8. The molecule has 4 rings (SSSR count). The van der Waals surface area contributed by atoms with E-state index in [1.165, 1.54) is 12.3 Å². The fourth-order valence-electron chi connectivity index (χ4n) is 5.59.